The van der Waals surface area contributed by atoms with E-state index in [2.05, 4.69) is 53.8 Å². The summed E-state index contributed by atoms with van der Waals surface area (Å²) in [7, 11) is 5.07. The lowest BCUT2D eigenvalue weighted by Crippen LogP contribution is -2.48. The number of aromatic nitrogens is 5. The van der Waals surface area contributed by atoms with Crippen molar-refractivity contribution in [1.82, 2.24) is 39.8 Å². The minimum absolute atomic E-state index is 0.0820. The number of aryl methyl sites for hydroxylation is 2. The molecule has 17 heteroatoms. The van der Waals surface area contributed by atoms with E-state index in [9.17, 15) is 19.2 Å². The fourth-order valence-corrected chi connectivity index (χ4v) is 8.12. The SMILES string of the molecule is CNC(=O)COc1cc2cc(Nc3nc(N4CCN(C[C@@H]5CCN(c6ccc7c(C8CCC(=O)NC8=O)nn(C)c7c6)C5)CC4)ncc3Cl)ccc2n(C)c1=O. The number of rotatable bonds is 10. The topological polar surface area (TPSA) is 172 Å². The van der Waals surface area contributed by atoms with E-state index in [1.54, 1.807) is 19.3 Å². The van der Waals surface area contributed by atoms with Crippen LogP contribution in [0.5, 0.6) is 5.75 Å². The molecule has 3 fully saturated rings. The first-order valence-corrected chi connectivity index (χ1v) is 19.2. The molecule has 3 saturated heterocycles. The number of benzene rings is 2. The van der Waals surface area contributed by atoms with Crippen molar-refractivity contribution in [2.24, 2.45) is 20.0 Å². The van der Waals surface area contributed by atoms with Gasteiger partial charge in [-0.25, -0.2) is 4.98 Å². The molecule has 292 valence electrons. The summed E-state index contributed by atoms with van der Waals surface area (Å²) in [6, 6.07) is 13.6. The Balaban J connectivity index is 0.873. The van der Waals surface area contributed by atoms with Gasteiger partial charge in [0, 0.05) is 95.5 Å². The second-order valence-corrected chi connectivity index (χ2v) is 15.1. The summed E-state index contributed by atoms with van der Waals surface area (Å²) in [5, 5.41) is 15.0. The molecule has 0 bridgehead atoms. The Hall–Kier alpha value is -5.74. The highest BCUT2D eigenvalue weighted by molar-refractivity contribution is 6.33. The first-order chi connectivity index (χ1) is 27.0. The van der Waals surface area contributed by atoms with Crippen LogP contribution in [0.4, 0.5) is 23.1 Å². The number of nitrogens with one attached hydrogen (secondary N) is 3. The summed E-state index contributed by atoms with van der Waals surface area (Å²) in [6.07, 6.45) is 3.52. The van der Waals surface area contributed by atoms with Crippen molar-refractivity contribution in [3.8, 4) is 5.75 Å². The van der Waals surface area contributed by atoms with Gasteiger partial charge < -0.3 is 29.7 Å². The Labute approximate surface area is 327 Å². The first kappa shape index (κ1) is 37.2. The molecule has 3 aromatic heterocycles. The van der Waals surface area contributed by atoms with Crippen LogP contribution in [0.25, 0.3) is 21.8 Å². The molecule has 5 aromatic rings. The van der Waals surface area contributed by atoms with Crippen molar-refractivity contribution in [3.05, 3.63) is 69.7 Å². The Bertz CT molecular complexity index is 2410. The zero-order valence-electron chi connectivity index (χ0n) is 31.5. The predicted molar refractivity (Wildman–Crippen MR) is 214 cm³/mol. The average Bonchev–Trinajstić information content (AvgIpc) is 3.80. The van der Waals surface area contributed by atoms with Crippen LogP contribution in [-0.2, 0) is 28.5 Å². The van der Waals surface area contributed by atoms with Gasteiger partial charge in [-0.1, -0.05) is 11.6 Å². The van der Waals surface area contributed by atoms with Gasteiger partial charge in [-0.15, -0.1) is 0 Å². The number of carbonyl (C=O) groups excluding carboxylic acids is 3. The molecule has 56 heavy (non-hydrogen) atoms. The highest BCUT2D eigenvalue weighted by Crippen LogP contribution is 2.34. The van der Waals surface area contributed by atoms with Crippen molar-refractivity contribution in [3.63, 3.8) is 0 Å². The monoisotopic (exact) mass is 781 g/mol. The number of imide groups is 1. The summed E-state index contributed by atoms with van der Waals surface area (Å²) >= 11 is 6.56. The standard InChI is InChI=1S/C39H44ClN11O5/c1-41-34(53)22-56-32-17-24-16-25(4-8-30(24)47(2)38(32)55)43-36-29(40)19-42-39(45-36)50-14-12-49(13-15-50)20-23-10-11-51(21-23)26-5-6-27-31(18-26)48(3)46-35(27)28-7-9-33(52)44-37(28)54/h4-6,8,16-19,23,28H,7,9-15,20-22H2,1-3H3,(H,41,53)(H,42,43,45)(H,44,52,54)/t23-,28?/m0/s1. The van der Waals surface area contributed by atoms with Crippen LogP contribution in [0, 0.1) is 5.92 Å². The summed E-state index contributed by atoms with van der Waals surface area (Å²) < 4.78 is 8.84. The van der Waals surface area contributed by atoms with Crippen molar-refractivity contribution in [2.75, 3.05) is 74.6 Å². The van der Waals surface area contributed by atoms with Crippen LogP contribution in [0.3, 0.4) is 0 Å². The van der Waals surface area contributed by atoms with E-state index in [0.717, 1.165) is 79.9 Å². The van der Waals surface area contributed by atoms with Crippen LogP contribution in [0.1, 0.15) is 30.9 Å². The van der Waals surface area contributed by atoms with Gasteiger partial charge in [0.05, 0.1) is 28.8 Å². The van der Waals surface area contributed by atoms with Crippen molar-refractivity contribution < 1.29 is 19.1 Å². The molecule has 2 aromatic carbocycles. The smallest absolute Gasteiger partial charge is 0.293 e. The Morgan fingerprint density at radius 1 is 0.982 bits per heavy atom. The summed E-state index contributed by atoms with van der Waals surface area (Å²) in [6.45, 7) is 6.05. The van der Waals surface area contributed by atoms with E-state index in [1.807, 2.05) is 29.9 Å². The molecule has 0 saturated carbocycles. The van der Waals surface area contributed by atoms with Gasteiger partial charge in [-0.05, 0) is 61.2 Å². The van der Waals surface area contributed by atoms with Crippen LogP contribution in [-0.4, -0.2) is 106 Å². The van der Waals surface area contributed by atoms with Crippen molar-refractivity contribution >= 4 is 74.3 Å². The maximum Gasteiger partial charge on any atom is 0.293 e. The van der Waals surface area contributed by atoms with E-state index in [1.165, 1.54) is 11.6 Å². The van der Waals surface area contributed by atoms with Gasteiger partial charge in [0.25, 0.3) is 11.5 Å². The number of ether oxygens (including phenoxy) is 1. The molecule has 3 N–H and O–H groups in total. The highest BCUT2D eigenvalue weighted by atomic mass is 35.5. The lowest BCUT2D eigenvalue weighted by Gasteiger charge is -2.36. The number of hydrogen-bond donors (Lipinski definition) is 3. The van der Waals surface area contributed by atoms with E-state index in [0.29, 0.717) is 46.8 Å². The number of fused-ring (bicyclic) bond motifs is 2. The number of pyridine rings is 1. The molecular formula is C39H44ClN11O5. The molecule has 6 heterocycles. The zero-order chi connectivity index (χ0) is 39.1. The Kier molecular flexibility index (Phi) is 10.2. The molecule has 3 aliphatic heterocycles. The number of hydrogen-bond acceptors (Lipinski definition) is 12. The fraction of sp³-hybridized carbons (Fsp3) is 0.410. The van der Waals surface area contributed by atoms with Crippen LogP contribution in [0.2, 0.25) is 5.02 Å². The molecule has 3 aliphatic rings. The Morgan fingerprint density at radius 3 is 2.59 bits per heavy atom. The number of carbonyl (C=O) groups is 3. The molecule has 0 spiro atoms. The van der Waals surface area contributed by atoms with Gasteiger partial charge in [0.15, 0.2) is 18.2 Å². The van der Waals surface area contributed by atoms with E-state index < -0.39 is 5.92 Å². The highest BCUT2D eigenvalue weighted by Gasteiger charge is 2.32. The molecule has 1 unspecified atom stereocenters. The second-order valence-electron chi connectivity index (χ2n) is 14.7. The molecule has 0 aliphatic carbocycles. The molecule has 8 rings (SSSR count). The van der Waals surface area contributed by atoms with E-state index in [-0.39, 0.29) is 35.6 Å². The number of likely N-dealkylation sites (N-methyl/N-ethyl adjacent to an activating group) is 1. The summed E-state index contributed by atoms with van der Waals surface area (Å²) in [5.74, 6) is 0.446. The third kappa shape index (κ3) is 7.45. The van der Waals surface area contributed by atoms with Crippen LogP contribution in [0.15, 0.2) is 53.5 Å². The molecule has 2 atom stereocenters. The third-order valence-electron chi connectivity index (χ3n) is 11.1. The summed E-state index contributed by atoms with van der Waals surface area (Å²) in [4.78, 5) is 65.2. The minimum Gasteiger partial charge on any atom is -0.478 e. The Morgan fingerprint density at radius 2 is 1.80 bits per heavy atom. The lowest BCUT2D eigenvalue weighted by molar-refractivity contribution is -0.134. The van der Waals surface area contributed by atoms with Gasteiger partial charge in [-0.2, -0.15) is 10.1 Å². The van der Waals surface area contributed by atoms with Crippen LogP contribution >= 0.6 is 11.6 Å². The maximum absolute atomic E-state index is 12.8. The molecule has 16 nitrogen and oxygen atoms in total. The number of piperazine rings is 1. The minimum atomic E-state index is -0.418. The molecular weight excluding hydrogens is 738 g/mol. The third-order valence-corrected chi connectivity index (χ3v) is 11.4. The predicted octanol–water partition coefficient (Wildman–Crippen LogP) is 2.91. The van der Waals surface area contributed by atoms with Crippen molar-refractivity contribution in [2.45, 2.75) is 25.2 Å². The van der Waals surface area contributed by atoms with Gasteiger partial charge in [-0.3, -0.25) is 34.1 Å². The zero-order valence-corrected chi connectivity index (χ0v) is 32.3. The van der Waals surface area contributed by atoms with Crippen LogP contribution < -0.4 is 36.0 Å². The maximum atomic E-state index is 12.8. The number of piperidine rings is 1. The van der Waals surface area contributed by atoms with E-state index >= 15 is 0 Å². The lowest BCUT2D eigenvalue weighted by atomic mass is 9.93. The number of anilines is 4. The van der Waals surface area contributed by atoms with Crippen molar-refractivity contribution in [1.29, 1.82) is 0 Å². The van der Waals surface area contributed by atoms with Gasteiger partial charge in [0.1, 0.15) is 5.02 Å². The quantitative estimate of drug-likeness (QED) is 0.177. The molecule has 0 radical (unpaired) electrons. The average molecular weight is 782 g/mol. The van der Waals surface area contributed by atoms with Gasteiger partial charge >= 0.3 is 0 Å². The molecule has 3 amide bonds. The number of nitrogens with zero attached hydrogens (tertiary/aromatic N) is 8. The second kappa shape index (κ2) is 15.4. The fourth-order valence-electron chi connectivity index (χ4n) is 7.98. The van der Waals surface area contributed by atoms with Gasteiger partial charge in [0.2, 0.25) is 17.8 Å². The number of halogens is 1. The summed E-state index contributed by atoms with van der Waals surface area (Å²) in [5.41, 5.74) is 3.95. The van der Waals surface area contributed by atoms with E-state index in [4.69, 9.17) is 26.4 Å². The normalized spacial score (nSPS) is 19.1. The largest absolute Gasteiger partial charge is 0.478 e. The first-order valence-electron chi connectivity index (χ1n) is 18.8. The number of amides is 3.